The van der Waals surface area contributed by atoms with E-state index in [9.17, 15) is 24.9 Å². The van der Waals surface area contributed by atoms with Crippen LogP contribution < -0.4 is 0 Å². The summed E-state index contributed by atoms with van der Waals surface area (Å²) in [4.78, 5) is 22.3. The number of rotatable bonds is 5. The molecule has 1 aromatic carbocycles. The molecule has 8 nitrogen and oxygen atoms in total. The third kappa shape index (κ3) is 4.76. The Kier molecular flexibility index (Phi) is 6.49. The van der Waals surface area contributed by atoms with Crippen molar-refractivity contribution in [2.75, 3.05) is 6.61 Å². The third-order valence-electron chi connectivity index (χ3n) is 3.90. The second-order valence-electron chi connectivity index (χ2n) is 5.86. The summed E-state index contributed by atoms with van der Waals surface area (Å²) in [6.07, 6.45) is -5.86. The minimum atomic E-state index is -1.43. The van der Waals surface area contributed by atoms with E-state index in [1.165, 1.54) is 13.8 Å². The van der Waals surface area contributed by atoms with Gasteiger partial charge in [0, 0.05) is 13.8 Å². The highest BCUT2D eigenvalue weighted by Gasteiger charge is 2.47. The summed E-state index contributed by atoms with van der Waals surface area (Å²) in [6, 6.07) is 6.69. The number of carbonyl (C=O) groups excluding carboxylic acids is 2. The SMILES string of the molecule is CC(=O)OC[C@H]1OC(c2cccc(CO)c2)[C@@H](O)[C@@H](O)[C@@H]1OC(C)=O. The lowest BCUT2D eigenvalue weighted by Crippen LogP contribution is -2.57. The van der Waals surface area contributed by atoms with Gasteiger partial charge in [-0.2, -0.15) is 0 Å². The Morgan fingerprint density at radius 1 is 1.16 bits per heavy atom. The molecule has 1 aliphatic rings. The first kappa shape index (κ1) is 19.3. The molecule has 0 aliphatic carbocycles. The molecule has 1 aliphatic heterocycles. The highest BCUT2D eigenvalue weighted by molar-refractivity contribution is 5.66. The van der Waals surface area contributed by atoms with Crippen LogP contribution in [0.25, 0.3) is 0 Å². The van der Waals surface area contributed by atoms with Crippen LogP contribution >= 0.6 is 0 Å². The average molecular weight is 354 g/mol. The topological polar surface area (TPSA) is 123 Å². The van der Waals surface area contributed by atoms with Crippen molar-refractivity contribution in [2.45, 2.75) is 51.0 Å². The number of carbonyl (C=O) groups is 2. The second-order valence-corrected chi connectivity index (χ2v) is 5.86. The number of aliphatic hydroxyl groups is 3. The summed E-state index contributed by atoms with van der Waals surface area (Å²) in [5.41, 5.74) is 1.15. The molecule has 2 rings (SSSR count). The minimum absolute atomic E-state index is 0.188. The van der Waals surface area contributed by atoms with Crippen molar-refractivity contribution in [1.29, 1.82) is 0 Å². The maximum atomic E-state index is 11.3. The van der Waals surface area contributed by atoms with Gasteiger partial charge in [-0.1, -0.05) is 24.3 Å². The largest absolute Gasteiger partial charge is 0.463 e. The standard InChI is InChI=1S/C17H22O8/c1-9(19)23-8-13-17(24-10(2)20)15(22)14(21)16(25-13)12-5-3-4-11(6-12)7-18/h3-6,13-18,21-22H,7-8H2,1-2H3/t13-,14+,15-,16?,17-/m1/s1. The summed E-state index contributed by atoms with van der Waals surface area (Å²) in [5, 5.41) is 30.0. The van der Waals surface area contributed by atoms with Crippen molar-refractivity contribution in [1.82, 2.24) is 0 Å². The fourth-order valence-corrected chi connectivity index (χ4v) is 2.75. The van der Waals surface area contributed by atoms with Gasteiger partial charge in [-0.15, -0.1) is 0 Å². The molecular weight excluding hydrogens is 332 g/mol. The van der Waals surface area contributed by atoms with Gasteiger partial charge in [-0.05, 0) is 11.1 Å². The lowest BCUT2D eigenvalue weighted by Gasteiger charge is -2.42. The quantitative estimate of drug-likeness (QED) is 0.623. The summed E-state index contributed by atoms with van der Waals surface area (Å²) in [5.74, 6) is -1.21. The Bertz CT molecular complexity index is 616. The van der Waals surface area contributed by atoms with E-state index >= 15 is 0 Å². The predicted octanol–water partition coefficient (Wildman–Crippen LogP) is -0.165. The number of ether oxygens (including phenoxy) is 3. The normalized spacial score (nSPS) is 29.1. The van der Waals surface area contributed by atoms with Gasteiger partial charge in [0.1, 0.15) is 31.0 Å². The van der Waals surface area contributed by atoms with Gasteiger partial charge in [0.2, 0.25) is 0 Å². The molecule has 1 aromatic rings. The summed E-state index contributed by atoms with van der Waals surface area (Å²) in [6.45, 7) is 1.95. The Morgan fingerprint density at radius 2 is 1.88 bits per heavy atom. The Labute approximate surface area is 144 Å². The zero-order chi connectivity index (χ0) is 18.6. The van der Waals surface area contributed by atoms with E-state index in [0.717, 1.165) is 0 Å². The molecule has 0 saturated carbocycles. The van der Waals surface area contributed by atoms with Crippen molar-refractivity contribution in [2.24, 2.45) is 0 Å². The van der Waals surface area contributed by atoms with Gasteiger partial charge in [0.25, 0.3) is 0 Å². The maximum Gasteiger partial charge on any atom is 0.303 e. The first-order valence-corrected chi connectivity index (χ1v) is 7.85. The zero-order valence-electron chi connectivity index (χ0n) is 14.0. The Balaban J connectivity index is 2.27. The number of benzene rings is 1. The molecule has 138 valence electrons. The van der Waals surface area contributed by atoms with E-state index < -0.39 is 42.5 Å². The number of hydrogen-bond donors (Lipinski definition) is 3. The molecule has 1 heterocycles. The first-order valence-electron chi connectivity index (χ1n) is 7.85. The number of aliphatic hydroxyl groups excluding tert-OH is 3. The molecule has 0 radical (unpaired) electrons. The van der Waals surface area contributed by atoms with Crippen LogP contribution in [0.4, 0.5) is 0 Å². The maximum absolute atomic E-state index is 11.3. The number of esters is 2. The van der Waals surface area contributed by atoms with Crippen LogP contribution in [0.1, 0.15) is 31.1 Å². The van der Waals surface area contributed by atoms with Crippen molar-refractivity contribution in [3.8, 4) is 0 Å². The van der Waals surface area contributed by atoms with Crippen molar-refractivity contribution in [3.63, 3.8) is 0 Å². The van der Waals surface area contributed by atoms with Gasteiger partial charge in [0.15, 0.2) is 6.10 Å². The highest BCUT2D eigenvalue weighted by atomic mass is 16.6. The van der Waals surface area contributed by atoms with E-state index in [-0.39, 0.29) is 13.2 Å². The summed E-state index contributed by atoms with van der Waals surface area (Å²) in [7, 11) is 0. The fraction of sp³-hybridized carbons (Fsp3) is 0.529. The number of hydrogen-bond acceptors (Lipinski definition) is 8. The molecule has 0 bridgehead atoms. The molecule has 0 aromatic heterocycles. The molecule has 1 fully saturated rings. The molecule has 25 heavy (non-hydrogen) atoms. The van der Waals surface area contributed by atoms with Gasteiger partial charge in [-0.3, -0.25) is 9.59 Å². The highest BCUT2D eigenvalue weighted by Crippen LogP contribution is 2.34. The zero-order valence-corrected chi connectivity index (χ0v) is 14.0. The van der Waals surface area contributed by atoms with E-state index in [4.69, 9.17) is 14.2 Å². The van der Waals surface area contributed by atoms with Crippen LogP contribution in [0.2, 0.25) is 0 Å². The van der Waals surface area contributed by atoms with Gasteiger partial charge >= 0.3 is 11.9 Å². The van der Waals surface area contributed by atoms with E-state index in [0.29, 0.717) is 11.1 Å². The Hall–Kier alpha value is -2.00. The molecule has 0 spiro atoms. The predicted molar refractivity (Wildman–Crippen MR) is 84.2 cm³/mol. The molecule has 3 N–H and O–H groups in total. The van der Waals surface area contributed by atoms with E-state index in [1.54, 1.807) is 24.3 Å². The van der Waals surface area contributed by atoms with Crippen LogP contribution in [0.15, 0.2) is 24.3 Å². The van der Waals surface area contributed by atoms with Crippen LogP contribution in [-0.2, 0) is 30.4 Å². The second kappa shape index (κ2) is 8.39. The van der Waals surface area contributed by atoms with Crippen molar-refractivity contribution >= 4 is 11.9 Å². The van der Waals surface area contributed by atoms with Crippen LogP contribution in [0, 0.1) is 0 Å². The molecule has 1 unspecified atom stereocenters. The smallest absolute Gasteiger partial charge is 0.303 e. The van der Waals surface area contributed by atoms with Crippen LogP contribution in [0.5, 0.6) is 0 Å². The van der Waals surface area contributed by atoms with Crippen LogP contribution in [0.3, 0.4) is 0 Å². The van der Waals surface area contributed by atoms with Crippen LogP contribution in [-0.4, -0.2) is 58.3 Å². The lowest BCUT2D eigenvalue weighted by molar-refractivity contribution is -0.242. The monoisotopic (exact) mass is 354 g/mol. The Morgan fingerprint density at radius 3 is 2.48 bits per heavy atom. The molecule has 8 heteroatoms. The molecule has 1 saturated heterocycles. The molecule has 5 atom stereocenters. The third-order valence-corrected chi connectivity index (χ3v) is 3.90. The van der Waals surface area contributed by atoms with E-state index in [2.05, 4.69) is 0 Å². The molecule has 0 amide bonds. The lowest BCUT2D eigenvalue weighted by atomic mass is 9.90. The van der Waals surface area contributed by atoms with Gasteiger partial charge in [-0.25, -0.2) is 0 Å². The van der Waals surface area contributed by atoms with Gasteiger partial charge in [0.05, 0.1) is 6.61 Å². The summed E-state index contributed by atoms with van der Waals surface area (Å²) >= 11 is 0. The van der Waals surface area contributed by atoms with Gasteiger partial charge < -0.3 is 29.5 Å². The minimum Gasteiger partial charge on any atom is -0.463 e. The first-order chi connectivity index (χ1) is 11.8. The van der Waals surface area contributed by atoms with E-state index in [1.807, 2.05) is 0 Å². The van der Waals surface area contributed by atoms with Crippen molar-refractivity contribution < 1.29 is 39.1 Å². The average Bonchev–Trinajstić information content (AvgIpc) is 2.58. The fourth-order valence-electron chi connectivity index (χ4n) is 2.75. The summed E-state index contributed by atoms with van der Waals surface area (Å²) < 4.78 is 15.7. The van der Waals surface area contributed by atoms with Crippen molar-refractivity contribution in [3.05, 3.63) is 35.4 Å². The molecular formula is C17H22O8.